The normalized spacial score (nSPS) is 10.5. The number of anilines is 2. The Kier molecular flexibility index (Phi) is 5.12. The molecule has 0 radical (unpaired) electrons. The number of hydrogen-bond donors (Lipinski definition) is 2. The van der Waals surface area contributed by atoms with E-state index in [0.29, 0.717) is 29.2 Å². The summed E-state index contributed by atoms with van der Waals surface area (Å²) in [7, 11) is 0. The zero-order valence-corrected chi connectivity index (χ0v) is 14.4. The van der Waals surface area contributed by atoms with Crippen molar-refractivity contribution in [3.63, 3.8) is 0 Å². The molecule has 3 rings (SSSR count). The molecule has 6 nitrogen and oxygen atoms in total. The number of nitrogens with zero attached hydrogens (tertiary/aromatic N) is 1. The summed E-state index contributed by atoms with van der Waals surface area (Å²) in [6.45, 7) is 2.07. The molecule has 0 unspecified atom stereocenters. The smallest absolute Gasteiger partial charge is 0.338 e. The fourth-order valence-electron chi connectivity index (χ4n) is 2.56. The van der Waals surface area contributed by atoms with E-state index in [2.05, 4.69) is 10.3 Å². The van der Waals surface area contributed by atoms with Crippen molar-refractivity contribution < 1.29 is 14.3 Å². The number of pyridine rings is 1. The van der Waals surface area contributed by atoms with Gasteiger partial charge in [0.2, 0.25) is 5.91 Å². The molecule has 0 saturated carbocycles. The Morgan fingerprint density at radius 2 is 1.85 bits per heavy atom. The van der Waals surface area contributed by atoms with E-state index in [4.69, 9.17) is 10.5 Å². The second kappa shape index (κ2) is 7.65. The van der Waals surface area contributed by atoms with Crippen molar-refractivity contribution in [2.24, 2.45) is 0 Å². The highest BCUT2D eigenvalue weighted by atomic mass is 16.5. The second-order valence-corrected chi connectivity index (χ2v) is 5.78. The molecule has 0 aliphatic carbocycles. The Bertz CT molecular complexity index is 952. The lowest BCUT2D eigenvalue weighted by Crippen LogP contribution is -2.15. The molecule has 0 atom stereocenters. The highest BCUT2D eigenvalue weighted by Gasteiger charge is 2.09. The van der Waals surface area contributed by atoms with Crippen LogP contribution in [0, 0.1) is 0 Å². The number of carbonyl (C=O) groups is 2. The number of nitrogens with two attached hydrogens (primary N) is 1. The summed E-state index contributed by atoms with van der Waals surface area (Å²) in [5.74, 6) is -0.567. The highest BCUT2D eigenvalue weighted by Crippen LogP contribution is 2.17. The zero-order chi connectivity index (χ0) is 18.5. The van der Waals surface area contributed by atoms with E-state index in [-0.39, 0.29) is 18.3 Å². The standard InChI is InChI=1S/C20H19N3O3/c1-2-26-20(25)13-3-7-16(8-4-13)23-19(24)12-17-9-5-14-11-15(21)6-10-18(14)22-17/h3-11H,2,12,21H2,1H3,(H,23,24). The number of ether oxygens (including phenoxy) is 1. The van der Waals surface area contributed by atoms with Crippen LogP contribution in [0.1, 0.15) is 23.0 Å². The van der Waals surface area contributed by atoms with Gasteiger partial charge in [-0.1, -0.05) is 6.07 Å². The van der Waals surface area contributed by atoms with Gasteiger partial charge in [0.05, 0.1) is 29.8 Å². The molecule has 2 aromatic carbocycles. The molecule has 0 spiro atoms. The summed E-state index contributed by atoms with van der Waals surface area (Å²) in [6.07, 6.45) is 0.153. The maximum atomic E-state index is 12.2. The predicted molar refractivity (Wildman–Crippen MR) is 101 cm³/mol. The lowest BCUT2D eigenvalue weighted by Gasteiger charge is -2.07. The minimum atomic E-state index is -0.383. The van der Waals surface area contributed by atoms with Gasteiger partial charge in [-0.3, -0.25) is 9.78 Å². The van der Waals surface area contributed by atoms with Gasteiger partial charge in [0, 0.05) is 16.8 Å². The first kappa shape index (κ1) is 17.4. The molecule has 0 bridgehead atoms. The number of nitrogen functional groups attached to an aromatic ring is 1. The van der Waals surface area contributed by atoms with Crippen LogP contribution in [0.15, 0.2) is 54.6 Å². The number of amides is 1. The van der Waals surface area contributed by atoms with E-state index < -0.39 is 0 Å². The molecular formula is C20H19N3O3. The summed E-state index contributed by atoms with van der Waals surface area (Å²) >= 11 is 0. The van der Waals surface area contributed by atoms with Crippen LogP contribution in [0.4, 0.5) is 11.4 Å². The fourth-order valence-corrected chi connectivity index (χ4v) is 2.56. The molecule has 3 N–H and O–H groups in total. The summed E-state index contributed by atoms with van der Waals surface area (Å²) < 4.78 is 4.93. The van der Waals surface area contributed by atoms with Crippen molar-refractivity contribution in [1.82, 2.24) is 4.98 Å². The monoisotopic (exact) mass is 349 g/mol. The first-order chi connectivity index (χ1) is 12.5. The third-order valence-corrected chi connectivity index (χ3v) is 3.79. The molecule has 26 heavy (non-hydrogen) atoms. The van der Waals surface area contributed by atoms with Gasteiger partial charge in [0.25, 0.3) is 0 Å². The lowest BCUT2D eigenvalue weighted by atomic mass is 10.1. The lowest BCUT2D eigenvalue weighted by molar-refractivity contribution is -0.115. The maximum Gasteiger partial charge on any atom is 0.338 e. The molecule has 0 aliphatic heterocycles. The van der Waals surface area contributed by atoms with Crippen LogP contribution in [0.2, 0.25) is 0 Å². The molecule has 3 aromatic rings. The first-order valence-electron chi connectivity index (χ1n) is 8.27. The van der Waals surface area contributed by atoms with Gasteiger partial charge in [-0.2, -0.15) is 0 Å². The highest BCUT2D eigenvalue weighted by molar-refractivity contribution is 5.94. The Morgan fingerprint density at radius 1 is 1.08 bits per heavy atom. The minimum absolute atomic E-state index is 0.153. The van der Waals surface area contributed by atoms with Crippen LogP contribution in [-0.2, 0) is 16.0 Å². The van der Waals surface area contributed by atoms with E-state index in [1.54, 1.807) is 37.3 Å². The van der Waals surface area contributed by atoms with Crippen molar-refractivity contribution in [3.8, 4) is 0 Å². The predicted octanol–water partition coefficient (Wildman–Crippen LogP) is 3.17. The van der Waals surface area contributed by atoms with Crippen molar-refractivity contribution in [1.29, 1.82) is 0 Å². The Hall–Kier alpha value is -3.41. The van der Waals surface area contributed by atoms with Crippen molar-refractivity contribution >= 4 is 34.2 Å². The van der Waals surface area contributed by atoms with Gasteiger partial charge in [-0.15, -0.1) is 0 Å². The van der Waals surface area contributed by atoms with Crippen molar-refractivity contribution in [3.05, 3.63) is 65.9 Å². The third-order valence-electron chi connectivity index (χ3n) is 3.79. The number of esters is 1. The SMILES string of the molecule is CCOC(=O)c1ccc(NC(=O)Cc2ccc3cc(N)ccc3n2)cc1. The molecule has 1 amide bonds. The summed E-state index contributed by atoms with van der Waals surface area (Å²) in [5.41, 5.74) is 8.95. The van der Waals surface area contributed by atoms with E-state index in [1.165, 1.54) is 0 Å². The van der Waals surface area contributed by atoms with E-state index >= 15 is 0 Å². The van der Waals surface area contributed by atoms with Crippen molar-refractivity contribution in [2.75, 3.05) is 17.7 Å². The van der Waals surface area contributed by atoms with Gasteiger partial charge in [0.15, 0.2) is 0 Å². The fraction of sp³-hybridized carbons (Fsp3) is 0.150. The number of nitrogens with one attached hydrogen (secondary N) is 1. The van der Waals surface area contributed by atoms with Gasteiger partial charge < -0.3 is 15.8 Å². The van der Waals surface area contributed by atoms with Crippen LogP contribution < -0.4 is 11.1 Å². The van der Waals surface area contributed by atoms with E-state index in [0.717, 1.165) is 10.9 Å². The molecule has 1 heterocycles. The molecule has 1 aromatic heterocycles. The first-order valence-corrected chi connectivity index (χ1v) is 8.27. The van der Waals surface area contributed by atoms with Gasteiger partial charge in [-0.25, -0.2) is 4.79 Å². The quantitative estimate of drug-likeness (QED) is 0.545. The van der Waals surface area contributed by atoms with Crippen LogP contribution >= 0.6 is 0 Å². The molecule has 6 heteroatoms. The molecule has 132 valence electrons. The van der Waals surface area contributed by atoms with Gasteiger partial charge >= 0.3 is 5.97 Å². The molecule has 0 fully saturated rings. The maximum absolute atomic E-state index is 12.2. The number of benzene rings is 2. The molecule has 0 aliphatic rings. The van der Waals surface area contributed by atoms with Crippen LogP contribution in [0.3, 0.4) is 0 Å². The van der Waals surface area contributed by atoms with Crippen LogP contribution in [0.25, 0.3) is 10.9 Å². The Labute approximate surface area is 151 Å². The molecular weight excluding hydrogens is 330 g/mol. The summed E-state index contributed by atoms with van der Waals surface area (Å²) in [6, 6.07) is 15.7. The topological polar surface area (TPSA) is 94.3 Å². The number of aromatic nitrogens is 1. The number of rotatable bonds is 5. The third kappa shape index (κ3) is 4.16. The van der Waals surface area contributed by atoms with Crippen LogP contribution in [0.5, 0.6) is 0 Å². The van der Waals surface area contributed by atoms with E-state index in [1.807, 2.05) is 24.3 Å². The number of fused-ring (bicyclic) bond motifs is 1. The largest absolute Gasteiger partial charge is 0.462 e. The zero-order valence-electron chi connectivity index (χ0n) is 14.4. The second-order valence-electron chi connectivity index (χ2n) is 5.78. The van der Waals surface area contributed by atoms with Gasteiger partial charge in [-0.05, 0) is 55.5 Å². The van der Waals surface area contributed by atoms with Crippen LogP contribution in [-0.4, -0.2) is 23.5 Å². The van der Waals surface area contributed by atoms with Gasteiger partial charge in [0.1, 0.15) is 0 Å². The summed E-state index contributed by atoms with van der Waals surface area (Å²) in [4.78, 5) is 28.3. The van der Waals surface area contributed by atoms with E-state index in [9.17, 15) is 9.59 Å². The van der Waals surface area contributed by atoms with Crippen molar-refractivity contribution in [2.45, 2.75) is 13.3 Å². The minimum Gasteiger partial charge on any atom is -0.462 e. The number of carbonyl (C=O) groups excluding carboxylic acids is 2. The number of hydrogen-bond acceptors (Lipinski definition) is 5. The summed E-state index contributed by atoms with van der Waals surface area (Å²) in [5, 5.41) is 3.73. The Morgan fingerprint density at radius 3 is 2.58 bits per heavy atom. The average Bonchev–Trinajstić information content (AvgIpc) is 2.62. The molecule has 0 saturated heterocycles. The Balaban J connectivity index is 1.65. The average molecular weight is 349 g/mol.